The molecule has 0 saturated heterocycles. The van der Waals surface area contributed by atoms with E-state index in [-0.39, 0.29) is 23.9 Å². The predicted molar refractivity (Wildman–Crippen MR) is 256 cm³/mol. The van der Waals surface area contributed by atoms with E-state index in [1.54, 1.807) is 48.5 Å². The van der Waals surface area contributed by atoms with Crippen LogP contribution < -0.4 is 0 Å². The molecule has 7 rings (SSSR count). The summed E-state index contributed by atoms with van der Waals surface area (Å²) in [5.74, 6) is -1.52. The standard InChI is InChI=1S/C54H58N6O8/c1-65-51(61)43-19-11-39(12-20-43)31-57-27-28-58(32-40-13-21-44(22-14-40)52(62)66-2)36-49-9-6-10-50(56-49)38-60(34-42-17-25-46(26-18-42)54(64)68-4)30-29-59(37-48-8-5-7-47(35-57)55-48)33-41-15-23-45(24-16-41)53(63)67-3/h5-26H,27-38H2,1-4H3. The second-order valence-electron chi connectivity index (χ2n) is 16.8. The maximum atomic E-state index is 12.3. The zero-order valence-electron chi connectivity index (χ0n) is 39.1. The summed E-state index contributed by atoms with van der Waals surface area (Å²) in [6, 6.07) is 42.5. The molecule has 68 heavy (non-hydrogen) atoms. The van der Waals surface area contributed by atoms with E-state index in [4.69, 9.17) is 28.9 Å². The lowest BCUT2D eigenvalue weighted by Crippen LogP contribution is -2.36. The van der Waals surface area contributed by atoms with Crippen LogP contribution >= 0.6 is 0 Å². The lowest BCUT2D eigenvalue weighted by molar-refractivity contribution is 0.0592. The minimum Gasteiger partial charge on any atom is -0.465 e. The largest absolute Gasteiger partial charge is 0.465 e. The van der Waals surface area contributed by atoms with Crippen LogP contribution in [0.25, 0.3) is 0 Å². The van der Waals surface area contributed by atoms with Gasteiger partial charge in [-0.3, -0.25) is 29.6 Å². The summed E-state index contributed by atoms with van der Waals surface area (Å²) >= 11 is 0. The van der Waals surface area contributed by atoms with E-state index < -0.39 is 0 Å². The average molecular weight is 919 g/mol. The van der Waals surface area contributed by atoms with Crippen molar-refractivity contribution in [1.29, 1.82) is 0 Å². The first-order valence-electron chi connectivity index (χ1n) is 22.6. The van der Waals surface area contributed by atoms with Crippen molar-refractivity contribution < 1.29 is 38.1 Å². The van der Waals surface area contributed by atoms with Crippen LogP contribution in [-0.4, -0.2) is 108 Å². The van der Waals surface area contributed by atoms with Gasteiger partial charge in [-0.25, -0.2) is 19.2 Å². The fourth-order valence-electron chi connectivity index (χ4n) is 8.24. The zero-order chi connectivity index (χ0) is 47.8. The van der Waals surface area contributed by atoms with Gasteiger partial charge in [-0.1, -0.05) is 60.7 Å². The first kappa shape index (κ1) is 48.8. The number of hydrogen-bond donors (Lipinski definition) is 0. The highest BCUT2D eigenvalue weighted by molar-refractivity contribution is 5.90. The molecular formula is C54H58N6O8. The Balaban J connectivity index is 1.23. The first-order valence-corrected chi connectivity index (χ1v) is 22.6. The number of nitrogens with zero attached hydrogens (tertiary/aromatic N) is 6. The Hall–Kier alpha value is -7.10. The molecule has 0 N–H and O–H groups in total. The quantitative estimate of drug-likeness (QED) is 0.0892. The molecule has 0 saturated carbocycles. The van der Waals surface area contributed by atoms with Crippen LogP contribution in [0.3, 0.4) is 0 Å². The van der Waals surface area contributed by atoms with Crippen LogP contribution in [0, 0.1) is 0 Å². The number of hydrogen-bond acceptors (Lipinski definition) is 14. The van der Waals surface area contributed by atoms with Crippen molar-refractivity contribution in [1.82, 2.24) is 29.6 Å². The van der Waals surface area contributed by atoms with Crippen LogP contribution in [0.4, 0.5) is 0 Å². The van der Waals surface area contributed by atoms with Crippen LogP contribution in [0.1, 0.15) is 86.5 Å². The molecule has 0 spiro atoms. The minimum atomic E-state index is -0.381. The third-order valence-electron chi connectivity index (χ3n) is 11.9. The molecule has 14 heteroatoms. The number of benzene rings is 4. The number of methoxy groups -OCH3 is 4. The van der Waals surface area contributed by atoms with Gasteiger partial charge in [-0.15, -0.1) is 0 Å². The smallest absolute Gasteiger partial charge is 0.337 e. The van der Waals surface area contributed by atoms with Crippen molar-refractivity contribution in [3.63, 3.8) is 0 Å². The number of aromatic nitrogens is 2. The summed E-state index contributed by atoms with van der Waals surface area (Å²) < 4.78 is 19.8. The van der Waals surface area contributed by atoms with Crippen molar-refractivity contribution in [2.45, 2.75) is 52.4 Å². The van der Waals surface area contributed by atoms with E-state index in [9.17, 15) is 19.2 Å². The highest BCUT2D eigenvalue weighted by atomic mass is 16.5. The Morgan fingerprint density at radius 3 is 0.750 bits per heavy atom. The fraction of sp³-hybridized carbons (Fsp3) is 0.296. The monoisotopic (exact) mass is 918 g/mol. The summed E-state index contributed by atoms with van der Waals surface area (Å²) in [5, 5.41) is 0. The Kier molecular flexibility index (Phi) is 17.3. The van der Waals surface area contributed by atoms with E-state index in [2.05, 4.69) is 56.0 Å². The Labute approximate surface area is 398 Å². The van der Waals surface area contributed by atoms with Crippen molar-refractivity contribution in [2.24, 2.45) is 0 Å². The molecule has 0 amide bonds. The zero-order valence-corrected chi connectivity index (χ0v) is 39.1. The van der Waals surface area contributed by atoms with Crippen LogP contribution in [-0.2, 0) is 71.3 Å². The summed E-state index contributed by atoms with van der Waals surface area (Å²) in [4.78, 5) is 69.1. The molecule has 14 nitrogen and oxygen atoms in total. The van der Waals surface area contributed by atoms with Gasteiger partial charge in [-0.05, 0) is 95.1 Å². The number of rotatable bonds is 12. The minimum absolute atomic E-state index is 0.381. The van der Waals surface area contributed by atoms with Gasteiger partial charge in [0.15, 0.2) is 0 Å². The van der Waals surface area contributed by atoms with Gasteiger partial charge in [-0.2, -0.15) is 0 Å². The summed E-state index contributed by atoms with van der Waals surface area (Å²) in [7, 11) is 5.52. The van der Waals surface area contributed by atoms with Crippen molar-refractivity contribution in [3.05, 3.63) is 201 Å². The molecular weight excluding hydrogens is 861 g/mol. The van der Waals surface area contributed by atoms with E-state index in [0.29, 0.717) is 101 Å². The van der Waals surface area contributed by atoms with Gasteiger partial charge in [0.1, 0.15) is 0 Å². The second-order valence-corrected chi connectivity index (χ2v) is 16.8. The Morgan fingerprint density at radius 1 is 0.353 bits per heavy atom. The molecule has 0 atom stereocenters. The molecule has 4 bridgehead atoms. The number of pyridine rings is 2. The molecule has 1 aliphatic rings. The van der Waals surface area contributed by atoms with Crippen LogP contribution in [0.15, 0.2) is 133 Å². The van der Waals surface area contributed by atoms with Crippen LogP contribution in [0.2, 0.25) is 0 Å². The van der Waals surface area contributed by atoms with E-state index in [1.807, 2.05) is 48.5 Å². The fourth-order valence-corrected chi connectivity index (χ4v) is 8.24. The summed E-state index contributed by atoms with van der Waals surface area (Å²) in [6.45, 7) is 7.44. The molecule has 0 aliphatic carbocycles. The molecule has 3 heterocycles. The number of fused-ring (bicyclic) bond motifs is 4. The molecule has 2 aromatic heterocycles. The van der Waals surface area contributed by atoms with E-state index in [1.165, 1.54) is 28.4 Å². The first-order chi connectivity index (χ1) is 33.1. The lowest BCUT2D eigenvalue weighted by Gasteiger charge is -2.30. The molecule has 0 radical (unpaired) electrons. The highest BCUT2D eigenvalue weighted by Gasteiger charge is 2.19. The summed E-state index contributed by atoms with van der Waals surface area (Å²) in [5.41, 5.74) is 9.84. The van der Waals surface area contributed by atoms with Crippen LogP contribution in [0.5, 0.6) is 0 Å². The molecule has 0 fully saturated rings. The van der Waals surface area contributed by atoms with E-state index >= 15 is 0 Å². The van der Waals surface area contributed by atoms with Gasteiger partial charge in [0.05, 0.1) is 73.5 Å². The lowest BCUT2D eigenvalue weighted by atomic mass is 10.1. The molecule has 4 aromatic carbocycles. The maximum absolute atomic E-state index is 12.3. The maximum Gasteiger partial charge on any atom is 0.337 e. The van der Waals surface area contributed by atoms with E-state index in [0.717, 1.165) is 45.0 Å². The van der Waals surface area contributed by atoms with Gasteiger partial charge >= 0.3 is 23.9 Å². The topological polar surface area (TPSA) is 144 Å². The SMILES string of the molecule is COC(=O)c1ccc(CN2CCN(Cc3ccc(C(=O)OC)cc3)Cc3cccc(n3)CN(Cc3ccc(C(=O)OC)cc3)CCN(Cc3ccc(C(=O)OC)cc3)Cc3cccc(n3)C2)cc1. The molecule has 6 aromatic rings. The highest BCUT2D eigenvalue weighted by Crippen LogP contribution is 2.19. The average Bonchev–Trinajstić information content (AvgIpc) is 3.37. The second kappa shape index (κ2) is 24.1. The Morgan fingerprint density at radius 2 is 0.559 bits per heavy atom. The molecule has 1 aliphatic heterocycles. The normalized spacial score (nSPS) is 14.5. The van der Waals surface area contributed by atoms with Crippen molar-refractivity contribution in [2.75, 3.05) is 54.6 Å². The predicted octanol–water partition coefficient (Wildman–Crippen LogP) is 7.35. The number of ether oxygens (including phenoxy) is 4. The molecule has 0 unspecified atom stereocenters. The van der Waals surface area contributed by atoms with Gasteiger partial charge < -0.3 is 18.9 Å². The number of esters is 4. The molecule has 352 valence electrons. The van der Waals surface area contributed by atoms with Gasteiger partial charge in [0.2, 0.25) is 0 Å². The van der Waals surface area contributed by atoms with Crippen molar-refractivity contribution in [3.8, 4) is 0 Å². The third-order valence-corrected chi connectivity index (χ3v) is 11.9. The number of carbonyl (C=O) groups excluding carboxylic acids is 4. The van der Waals surface area contributed by atoms with Crippen molar-refractivity contribution >= 4 is 23.9 Å². The van der Waals surface area contributed by atoms with Gasteiger partial charge in [0.25, 0.3) is 0 Å². The number of carbonyl (C=O) groups is 4. The van der Waals surface area contributed by atoms with Gasteiger partial charge in [0, 0.05) is 78.5 Å². The third kappa shape index (κ3) is 14.0. The Bertz CT molecular complexity index is 2270. The summed E-state index contributed by atoms with van der Waals surface area (Å²) in [6.07, 6.45) is 0.